The number of carbonyl (C=O) groups excluding carboxylic acids is 1. The van der Waals surface area contributed by atoms with Gasteiger partial charge in [0.1, 0.15) is 0 Å². The van der Waals surface area contributed by atoms with Crippen LogP contribution < -0.4 is 4.80 Å². The average Bonchev–Trinajstić information content (AvgIpc) is 2.86. The molecule has 1 heterocycles. The van der Waals surface area contributed by atoms with E-state index in [1.165, 1.54) is 15.8 Å². The number of fused-ring (bicyclic) bond motifs is 1. The second-order valence-electron chi connectivity index (χ2n) is 5.29. The van der Waals surface area contributed by atoms with Gasteiger partial charge in [-0.3, -0.25) is 4.79 Å². The topological polar surface area (TPSA) is 34.4 Å². The Kier molecular flexibility index (Phi) is 6.70. The van der Waals surface area contributed by atoms with Gasteiger partial charge in [0, 0.05) is 18.7 Å². The number of amides is 1. The van der Waals surface area contributed by atoms with Crippen LogP contribution in [0.5, 0.6) is 0 Å². The fraction of sp³-hybridized carbons (Fsp3) is 0.529. The molecule has 0 N–H and O–H groups in total. The Morgan fingerprint density at radius 2 is 2.18 bits per heavy atom. The van der Waals surface area contributed by atoms with E-state index in [1.54, 1.807) is 11.3 Å². The van der Waals surface area contributed by atoms with E-state index < -0.39 is 0 Å². The number of aromatic nitrogens is 1. The number of aryl methyl sites for hydroxylation is 2. The third-order valence-corrected chi connectivity index (χ3v) is 5.27. The van der Waals surface area contributed by atoms with Crippen LogP contribution in [0.3, 0.4) is 0 Å². The first-order valence-electron chi connectivity index (χ1n) is 7.88. The van der Waals surface area contributed by atoms with Crippen LogP contribution in [-0.2, 0) is 17.8 Å². The predicted octanol–water partition coefficient (Wildman–Crippen LogP) is 4.25. The maximum Gasteiger partial charge on any atom is 0.248 e. The number of nitrogens with zero attached hydrogens (tertiary/aromatic N) is 2. The third kappa shape index (κ3) is 4.23. The minimum Gasteiger partial charge on any atom is -0.316 e. The average molecular weight is 337 g/mol. The first kappa shape index (κ1) is 17.3. The van der Waals surface area contributed by atoms with E-state index in [0.29, 0.717) is 6.42 Å². The molecule has 2 rings (SSSR count). The van der Waals surface area contributed by atoms with Gasteiger partial charge >= 0.3 is 0 Å². The molecule has 120 valence electrons. The van der Waals surface area contributed by atoms with Crippen molar-refractivity contribution in [2.45, 2.75) is 46.1 Å². The van der Waals surface area contributed by atoms with Gasteiger partial charge in [-0.2, -0.15) is 16.8 Å². The van der Waals surface area contributed by atoms with Crippen molar-refractivity contribution in [2.24, 2.45) is 4.99 Å². The second kappa shape index (κ2) is 8.53. The molecule has 0 aliphatic carbocycles. The molecular weight excluding hydrogens is 312 g/mol. The number of unbranched alkanes of at least 4 members (excludes halogenated alkanes) is 1. The zero-order valence-electron chi connectivity index (χ0n) is 13.6. The Bertz CT molecular complexity index is 700. The summed E-state index contributed by atoms with van der Waals surface area (Å²) in [5.41, 5.74) is 2.52. The van der Waals surface area contributed by atoms with E-state index in [9.17, 15) is 4.79 Å². The lowest BCUT2D eigenvalue weighted by Gasteiger charge is -2.04. The summed E-state index contributed by atoms with van der Waals surface area (Å²) in [7, 11) is 0. The van der Waals surface area contributed by atoms with Gasteiger partial charge in [0.25, 0.3) is 0 Å². The lowest BCUT2D eigenvalue weighted by molar-refractivity contribution is -0.118. The van der Waals surface area contributed by atoms with Crippen molar-refractivity contribution in [3.8, 4) is 0 Å². The number of hydrogen-bond acceptors (Lipinski definition) is 3. The van der Waals surface area contributed by atoms with Crippen molar-refractivity contribution in [1.29, 1.82) is 0 Å². The van der Waals surface area contributed by atoms with E-state index in [1.807, 2.05) is 11.8 Å². The van der Waals surface area contributed by atoms with Gasteiger partial charge in [-0.15, -0.1) is 0 Å². The minimum atomic E-state index is 0.00187. The van der Waals surface area contributed by atoms with Crippen molar-refractivity contribution >= 4 is 39.2 Å². The molecule has 0 spiro atoms. The molecule has 2 aromatic rings. The third-order valence-electron chi connectivity index (χ3n) is 3.64. The maximum absolute atomic E-state index is 12.0. The highest BCUT2D eigenvalue weighted by atomic mass is 32.2. The molecule has 1 amide bonds. The maximum atomic E-state index is 12.0. The molecule has 0 fully saturated rings. The second-order valence-corrected chi connectivity index (χ2v) is 7.29. The van der Waals surface area contributed by atoms with Crippen LogP contribution in [0, 0.1) is 0 Å². The highest BCUT2D eigenvalue weighted by molar-refractivity contribution is 7.98. The molecule has 1 aromatic heterocycles. The van der Waals surface area contributed by atoms with E-state index in [-0.39, 0.29) is 5.91 Å². The van der Waals surface area contributed by atoms with Gasteiger partial charge in [-0.05, 0) is 36.8 Å². The van der Waals surface area contributed by atoms with E-state index >= 15 is 0 Å². The van der Waals surface area contributed by atoms with Gasteiger partial charge in [0.15, 0.2) is 4.80 Å². The number of thiazole rings is 1. The number of benzene rings is 1. The zero-order valence-corrected chi connectivity index (χ0v) is 15.2. The summed E-state index contributed by atoms with van der Waals surface area (Å²) in [6.07, 6.45) is 5.62. The summed E-state index contributed by atoms with van der Waals surface area (Å²) >= 11 is 3.45. The molecule has 3 nitrogen and oxygen atoms in total. The van der Waals surface area contributed by atoms with Crippen molar-refractivity contribution < 1.29 is 4.79 Å². The predicted molar refractivity (Wildman–Crippen MR) is 97.7 cm³/mol. The fourth-order valence-corrected chi connectivity index (χ4v) is 3.81. The molecule has 0 aliphatic heterocycles. The Morgan fingerprint density at radius 3 is 2.86 bits per heavy atom. The quantitative estimate of drug-likeness (QED) is 0.757. The number of hydrogen-bond donors (Lipinski definition) is 0. The molecule has 0 bridgehead atoms. The van der Waals surface area contributed by atoms with Crippen LogP contribution in [-0.4, -0.2) is 22.5 Å². The number of carbonyl (C=O) groups is 1. The van der Waals surface area contributed by atoms with Crippen LogP contribution in [0.25, 0.3) is 10.2 Å². The Balaban J connectivity index is 2.45. The summed E-state index contributed by atoms with van der Waals surface area (Å²) in [5.74, 6) is 1.03. The highest BCUT2D eigenvalue weighted by Gasteiger charge is 2.08. The molecule has 0 aliphatic rings. The van der Waals surface area contributed by atoms with E-state index in [2.05, 4.69) is 47.9 Å². The highest BCUT2D eigenvalue weighted by Crippen LogP contribution is 2.20. The molecule has 1 aromatic carbocycles. The molecule has 0 unspecified atom stereocenters. The monoisotopic (exact) mass is 336 g/mol. The zero-order chi connectivity index (χ0) is 15.9. The Morgan fingerprint density at radius 1 is 1.36 bits per heavy atom. The molecule has 0 radical (unpaired) electrons. The number of thioether (sulfide) groups is 1. The molecular formula is C17H24N2OS2. The summed E-state index contributed by atoms with van der Waals surface area (Å²) in [4.78, 5) is 17.2. The van der Waals surface area contributed by atoms with Gasteiger partial charge < -0.3 is 4.57 Å². The van der Waals surface area contributed by atoms with Crippen LogP contribution in [0.1, 0.15) is 38.7 Å². The molecule has 0 saturated heterocycles. The summed E-state index contributed by atoms with van der Waals surface area (Å²) in [6.45, 7) is 5.15. The lowest BCUT2D eigenvalue weighted by Crippen LogP contribution is -2.18. The first-order valence-corrected chi connectivity index (χ1v) is 10.1. The van der Waals surface area contributed by atoms with Gasteiger partial charge in [-0.1, -0.05) is 37.7 Å². The smallest absolute Gasteiger partial charge is 0.248 e. The largest absolute Gasteiger partial charge is 0.316 e. The Hall–Kier alpha value is -1.07. The molecule has 0 atom stereocenters. The van der Waals surface area contributed by atoms with Gasteiger partial charge in [0.05, 0.1) is 10.2 Å². The lowest BCUT2D eigenvalue weighted by atomic mass is 10.2. The number of rotatable bonds is 7. The van der Waals surface area contributed by atoms with Crippen LogP contribution >= 0.6 is 23.1 Å². The van der Waals surface area contributed by atoms with E-state index in [0.717, 1.165) is 36.4 Å². The standard InChI is InChI=1S/C17H24N2OS2/c1-4-6-7-16(20)18-17-19(10-11-21-3)14-9-8-13(5-2)12-15(14)22-17/h8-9,12H,4-7,10-11H2,1-3H3. The van der Waals surface area contributed by atoms with Crippen molar-refractivity contribution in [1.82, 2.24) is 4.57 Å². The van der Waals surface area contributed by atoms with E-state index in [4.69, 9.17) is 0 Å². The van der Waals surface area contributed by atoms with Crippen LogP contribution in [0.4, 0.5) is 0 Å². The van der Waals surface area contributed by atoms with Gasteiger partial charge in [-0.25, -0.2) is 0 Å². The van der Waals surface area contributed by atoms with Crippen molar-refractivity contribution in [2.75, 3.05) is 12.0 Å². The molecule has 22 heavy (non-hydrogen) atoms. The molecule has 5 heteroatoms. The Labute approximate surface area is 140 Å². The fourth-order valence-electron chi connectivity index (χ4n) is 2.31. The van der Waals surface area contributed by atoms with Crippen molar-refractivity contribution in [3.05, 3.63) is 28.6 Å². The van der Waals surface area contributed by atoms with Crippen LogP contribution in [0.2, 0.25) is 0 Å². The SMILES string of the molecule is CCCCC(=O)N=c1sc2cc(CC)ccc2n1CCSC. The normalized spacial score (nSPS) is 12.2. The molecule has 0 saturated carbocycles. The summed E-state index contributed by atoms with van der Waals surface area (Å²) in [5, 5.41) is 0. The first-order chi connectivity index (χ1) is 10.7. The summed E-state index contributed by atoms with van der Waals surface area (Å²) < 4.78 is 3.42. The van der Waals surface area contributed by atoms with Crippen molar-refractivity contribution in [3.63, 3.8) is 0 Å². The van der Waals surface area contributed by atoms with Crippen LogP contribution in [0.15, 0.2) is 23.2 Å². The summed E-state index contributed by atoms with van der Waals surface area (Å²) in [6, 6.07) is 6.57. The minimum absolute atomic E-state index is 0.00187. The van der Waals surface area contributed by atoms with Gasteiger partial charge in [0.2, 0.25) is 5.91 Å².